The van der Waals surface area contributed by atoms with Crippen LogP contribution in [0.3, 0.4) is 0 Å². The Kier molecular flexibility index (Phi) is 5.01. The number of nitrogens with zero attached hydrogens (tertiary/aromatic N) is 2. The van der Waals surface area contributed by atoms with Gasteiger partial charge in [0.1, 0.15) is 0 Å². The molecule has 0 heterocycles. The van der Waals surface area contributed by atoms with Gasteiger partial charge in [0.25, 0.3) is 0 Å². The monoisotopic (exact) mass is 292 g/mol. The summed E-state index contributed by atoms with van der Waals surface area (Å²) in [6.07, 6.45) is 0. The first kappa shape index (κ1) is 15.4. The predicted octanol–water partition coefficient (Wildman–Crippen LogP) is 3.62. The number of hydrogen-bond acceptors (Lipinski definition) is 4. The first-order valence-electron chi connectivity index (χ1n) is 6.81. The molecule has 0 saturated heterocycles. The van der Waals surface area contributed by atoms with Gasteiger partial charge in [-0.15, -0.1) is 0 Å². The molecule has 4 heteroatoms. The van der Waals surface area contributed by atoms with E-state index in [1.807, 2.05) is 30.3 Å². The molecule has 0 aliphatic rings. The van der Waals surface area contributed by atoms with E-state index in [1.165, 1.54) is 7.11 Å². The molecule has 0 N–H and O–H groups in total. The summed E-state index contributed by atoms with van der Waals surface area (Å²) in [6.45, 7) is 0. The summed E-state index contributed by atoms with van der Waals surface area (Å²) in [4.78, 5) is 0. The molecule has 0 aliphatic heterocycles. The van der Waals surface area contributed by atoms with Gasteiger partial charge in [-0.1, -0.05) is 42.5 Å². The van der Waals surface area contributed by atoms with Crippen molar-refractivity contribution in [3.8, 4) is 23.6 Å². The summed E-state index contributed by atoms with van der Waals surface area (Å²) in [6, 6.07) is 19.1. The molecule has 0 aromatic heterocycles. The van der Waals surface area contributed by atoms with Crippen LogP contribution < -0.4 is 9.47 Å². The molecule has 0 amide bonds. The SMILES string of the molecule is COc1cccc([C@H](C#N)[C@@H](C#N)c2ccccc2)c1OC. The van der Waals surface area contributed by atoms with E-state index in [9.17, 15) is 10.5 Å². The largest absolute Gasteiger partial charge is 0.493 e. The molecule has 4 nitrogen and oxygen atoms in total. The molecule has 0 aliphatic carbocycles. The highest BCUT2D eigenvalue weighted by Crippen LogP contribution is 2.41. The Labute approximate surface area is 130 Å². The van der Waals surface area contributed by atoms with Crippen molar-refractivity contribution in [2.75, 3.05) is 14.2 Å². The van der Waals surface area contributed by atoms with Crippen LogP contribution in [0.1, 0.15) is 23.0 Å². The van der Waals surface area contributed by atoms with E-state index in [0.29, 0.717) is 17.1 Å². The lowest BCUT2D eigenvalue weighted by molar-refractivity contribution is 0.350. The van der Waals surface area contributed by atoms with Crippen LogP contribution in [-0.4, -0.2) is 14.2 Å². The number of ether oxygens (including phenoxy) is 2. The summed E-state index contributed by atoms with van der Waals surface area (Å²) >= 11 is 0. The zero-order valence-electron chi connectivity index (χ0n) is 12.5. The molecule has 2 aromatic carbocycles. The van der Waals surface area contributed by atoms with Crippen LogP contribution in [0.15, 0.2) is 48.5 Å². The van der Waals surface area contributed by atoms with E-state index in [4.69, 9.17) is 9.47 Å². The van der Waals surface area contributed by atoms with Gasteiger partial charge in [0.05, 0.1) is 38.2 Å². The topological polar surface area (TPSA) is 66.0 Å². The van der Waals surface area contributed by atoms with Gasteiger partial charge in [-0.2, -0.15) is 10.5 Å². The van der Waals surface area contributed by atoms with Crippen LogP contribution in [0.4, 0.5) is 0 Å². The Morgan fingerprint density at radius 1 is 0.818 bits per heavy atom. The Balaban J connectivity index is 2.53. The van der Waals surface area contributed by atoms with Crippen LogP contribution in [0.2, 0.25) is 0 Å². The third-order valence-electron chi connectivity index (χ3n) is 3.54. The van der Waals surface area contributed by atoms with Crippen molar-refractivity contribution < 1.29 is 9.47 Å². The molecule has 2 atom stereocenters. The lowest BCUT2D eigenvalue weighted by Gasteiger charge is -2.20. The van der Waals surface area contributed by atoms with Gasteiger partial charge in [0, 0.05) is 5.56 Å². The number of nitriles is 2. The molecule has 0 radical (unpaired) electrons. The van der Waals surface area contributed by atoms with Gasteiger partial charge in [-0.25, -0.2) is 0 Å². The minimum Gasteiger partial charge on any atom is -0.493 e. The van der Waals surface area contributed by atoms with Crippen LogP contribution in [0, 0.1) is 22.7 Å². The van der Waals surface area contributed by atoms with Gasteiger partial charge in [-0.05, 0) is 11.6 Å². The molecule has 0 spiro atoms. The minimum atomic E-state index is -0.641. The highest BCUT2D eigenvalue weighted by atomic mass is 16.5. The van der Waals surface area contributed by atoms with E-state index in [0.717, 1.165) is 5.56 Å². The van der Waals surface area contributed by atoms with Crippen LogP contribution in [0.5, 0.6) is 11.5 Å². The van der Waals surface area contributed by atoms with Crippen molar-refractivity contribution in [3.05, 3.63) is 59.7 Å². The maximum atomic E-state index is 9.63. The highest BCUT2D eigenvalue weighted by molar-refractivity contribution is 5.52. The Bertz CT molecular complexity index is 714. The smallest absolute Gasteiger partial charge is 0.165 e. The van der Waals surface area contributed by atoms with Crippen LogP contribution >= 0.6 is 0 Å². The number of methoxy groups -OCH3 is 2. The molecule has 2 rings (SSSR count). The molecule has 110 valence electrons. The first-order valence-corrected chi connectivity index (χ1v) is 6.81. The van der Waals surface area contributed by atoms with E-state index >= 15 is 0 Å². The number of rotatable bonds is 5. The fourth-order valence-electron chi connectivity index (χ4n) is 2.48. The van der Waals surface area contributed by atoms with Crippen molar-refractivity contribution in [1.82, 2.24) is 0 Å². The zero-order valence-corrected chi connectivity index (χ0v) is 12.5. The molecule has 0 fully saturated rings. The maximum absolute atomic E-state index is 9.63. The van der Waals surface area contributed by atoms with Crippen molar-refractivity contribution in [2.45, 2.75) is 11.8 Å². The molecule has 0 unspecified atom stereocenters. The Morgan fingerprint density at radius 3 is 2.05 bits per heavy atom. The molecule has 0 bridgehead atoms. The predicted molar refractivity (Wildman–Crippen MR) is 82.7 cm³/mol. The fourth-order valence-corrected chi connectivity index (χ4v) is 2.48. The van der Waals surface area contributed by atoms with Gasteiger partial charge < -0.3 is 9.47 Å². The van der Waals surface area contributed by atoms with Crippen molar-refractivity contribution in [2.24, 2.45) is 0 Å². The average Bonchev–Trinajstić information content (AvgIpc) is 2.59. The lowest BCUT2D eigenvalue weighted by Crippen LogP contribution is -2.10. The van der Waals surface area contributed by atoms with E-state index in [1.54, 1.807) is 25.3 Å². The van der Waals surface area contributed by atoms with E-state index in [2.05, 4.69) is 12.1 Å². The standard InChI is InChI=1S/C18H16N2O2/c1-21-17-10-6-9-14(18(17)22-2)16(12-20)15(11-19)13-7-4-3-5-8-13/h3-10,15-16H,1-2H3/t15-,16-/m0/s1. The summed E-state index contributed by atoms with van der Waals surface area (Å²) < 4.78 is 10.7. The molecule has 22 heavy (non-hydrogen) atoms. The van der Waals surface area contributed by atoms with Crippen molar-refractivity contribution in [3.63, 3.8) is 0 Å². The number of benzene rings is 2. The third kappa shape index (κ3) is 2.87. The van der Waals surface area contributed by atoms with Gasteiger partial charge in [0.2, 0.25) is 0 Å². The van der Waals surface area contributed by atoms with Gasteiger partial charge >= 0.3 is 0 Å². The van der Waals surface area contributed by atoms with Gasteiger partial charge in [0.15, 0.2) is 11.5 Å². The lowest BCUT2D eigenvalue weighted by atomic mass is 9.83. The maximum Gasteiger partial charge on any atom is 0.165 e. The Morgan fingerprint density at radius 2 is 1.50 bits per heavy atom. The Hall–Kier alpha value is -2.98. The summed E-state index contributed by atoms with van der Waals surface area (Å²) in [5.74, 6) is -0.178. The van der Waals surface area contributed by atoms with E-state index in [-0.39, 0.29) is 0 Å². The van der Waals surface area contributed by atoms with Crippen LogP contribution in [-0.2, 0) is 0 Å². The van der Waals surface area contributed by atoms with Gasteiger partial charge in [-0.3, -0.25) is 0 Å². The van der Waals surface area contributed by atoms with E-state index < -0.39 is 11.8 Å². The highest BCUT2D eigenvalue weighted by Gasteiger charge is 2.28. The fraction of sp³-hybridized carbons (Fsp3) is 0.222. The second-order valence-electron chi connectivity index (χ2n) is 4.71. The normalized spacial score (nSPS) is 12.5. The summed E-state index contributed by atoms with van der Waals surface area (Å²) in [5.41, 5.74) is 1.46. The second-order valence-corrected chi connectivity index (χ2v) is 4.71. The molecule has 0 saturated carbocycles. The first-order chi connectivity index (χ1) is 10.8. The quantitative estimate of drug-likeness (QED) is 0.844. The second kappa shape index (κ2) is 7.15. The van der Waals surface area contributed by atoms with Crippen molar-refractivity contribution in [1.29, 1.82) is 10.5 Å². The average molecular weight is 292 g/mol. The summed E-state index contributed by atoms with van der Waals surface area (Å²) in [7, 11) is 3.07. The molecule has 2 aromatic rings. The minimum absolute atomic E-state index is 0.493. The number of hydrogen-bond donors (Lipinski definition) is 0. The summed E-state index contributed by atoms with van der Waals surface area (Å²) in [5, 5.41) is 19.2. The molecular weight excluding hydrogens is 276 g/mol. The number of para-hydroxylation sites is 1. The zero-order chi connectivity index (χ0) is 15.9. The molecular formula is C18H16N2O2. The third-order valence-corrected chi connectivity index (χ3v) is 3.54. The van der Waals surface area contributed by atoms with Crippen molar-refractivity contribution >= 4 is 0 Å². The van der Waals surface area contributed by atoms with Crippen LogP contribution in [0.25, 0.3) is 0 Å².